The smallest absolute Gasteiger partial charge is 0.123 e. The predicted octanol–water partition coefficient (Wildman–Crippen LogP) is 11.7. The number of hydrogen-bond donors (Lipinski definition) is 3. The topological polar surface area (TPSA) is 73.3 Å². The van der Waals surface area contributed by atoms with Gasteiger partial charge in [0.2, 0.25) is 0 Å². The monoisotopic (exact) mass is 699 g/mol. The van der Waals surface area contributed by atoms with Crippen LogP contribution in [-0.2, 0) is 13.0 Å². The first-order chi connectivity index (χ1) is 26.1. The third-order valence-electron chi connectivity index (χ3n) is 9.07. The van der Waals surface area contributed by atoms with E-state index in [-0.39, 0.29) is 6.04 Å². The molecular formula is C49H53N3O. The Balaban J connectivity index is 0.000000229. The maximum absolute atomic E-state index is 5.89. The van der Waals surface area contributed by atoms with Crippen molar-refractivity contribution >= 4 is 32.3 Å². The van der Waals surface area contributed by atoms with Crippen molar-refractivity contribution < 1.29 is 4.74 Å². The minimum Gasteiger partial charge on any atom is -0.496 e. The summed E-state index contributed by atoms with van der Waals surface area (Å²) in [4.78, 5) is 0. The van der Waals surface area contributed by atoms with E-state index in [1.807, 2.05) is 55.5 Å². The third kappa shape index (κ3) is 9.56. The van der Waals surface area contributed by atoms with Crippen molar-refractivity contribution in [2.75, 3.05) is 13.8 Å². The molecule has 5 N–H and O–H groups in total. The van der Waals surface area contributed by atoms with E-state index in [0.29, 0.717) is 13.2 Å². The number of nitrogens with one attached hydrogen (secondary N) is 1. The summed E-state index contributed by atoms with van der Waals surface area (Å²) in [7, 11) is 1.77. The minimum atomic E-state index is 0.174. The molecule has 7 aromatic carbocycles. The Kier molecular flexibility index (Phi) is 15.8. The Morgan fingerprint density at radius 1 is 0.679 bits per heavy atom. The highest BCUT2D eigenvalue weighted by Gasteiger charge is 2.19. The van der Waals surface area contributed by atoms with Crippen molar-refractivity contribution in [2.24, 2.45) is 11.5 Å². The van der Waals surface area contributed by atoms with Crippen LogP contribution in [0.4, 0.5) is 0 Å². The van der Waals surface area contributed by atoms with Crippen molar-refractivity contribution in [1.82, 2.24) is 5.32 Å². The van der Waals surface area contributed by atoms with Gasteiger partial charge in [-0.1, -0.05) is 165 Å². The Labute approximate surface area is 316 Å². The summed E-state index contributed by atoms with van der Waals surface area (Å²) >= 11 is 0. The minimum absolute atomic E-state index is 0.174. The average molecular weight is 700 g/mol. The highest BCUT2D eigenvalue weighted by Crippen LogP contribution is 2.45. The number of hydrogen-bond acceptors (Lipinski definition) is 4. The van der Waals surface area contributed by atoms with Gasteiger partial charge in [-0.25, -0.2) is 0 Å². The summed E-state index contributed by atoms with van der Waals surface area (Å²) < 4.78 is 5.89. The molecule has 0 aromatic heterocycles. The molecule has 0 bridgehead atoms. The van der Waals surface area contributed by atoms with Crippen molar-refractivity contribution in [3.05, 3.63) is 200 Å². The quantitative estimate of drug-likeness (QED) is 0.0607. The maximum Gasteiger partial charge on any atom is 0.123 e. The molecule has 4 nitrogen and oxygen atoms in total. The Morgan fingerprint density at radius 3 is 1.60 bits per heavy atom. The van der Waals surface area contributed by atoms with Crippen LogP contribution in [0.15, 0.2) is 177 Å². The maximum atomic E-state index is 5.89. The second-order valence-corrected chi connectivity index (χ2v) is 12.1. The second-order valence-electron chi connectivity index (χ2n) is 12.1. The van der Waals surface area contributed by atoms with E-state index in [2.05, 4.69) is 135 Å². The third-order valence-corrected chi connectivity index (χ3v) is 9.07. The van der Waals surface area contributed by atoms with Gasteiger partial charge in [0.1, 0.15) is 5.75 Å². The molecule has 0 aliphatic heterocycles. The first kappa shape index (κ1) is 40.0. The van der Waals surface area contributed by atoms with Gasteiger partial charge < -0.3 is 16.2 Å². The zero-order valence-electron chi connectivity index (χ0n) is 31.4. The van der Waals surface area contributed by atoms with Gasteiger partial charge >= 0.3 is 0 Å². The number of rotatable bonds is 9. The fraction of sp³-hybridized carbons (Fsp3) is 0.143. The molecule has 270 valence electrons. The molecule has 7 aromatic rings. The molecule has 0 saturated carbocycles. The number of fused-ring (bicyclic) bond motifs is 6. The summed E-state index contributed by atoms with van der Waals surface area (Å²) in [6, 6.07) is 49.1. The molecule has 0 heterocycles. The molecule has 0 atom stereocenters. The Bertz CT molecular complexity index is 2170. The van der Waals surface area contributed by atoms with E-state index >= 15 is 0 Å². The van der Waals surface area contributed by atoms with E-state index in [1.54, 1.807) is 13.2 Å². The van der Waals surface area contributed by atoms with Crippen LogP contribution in [0.1, 0.15) is 42.1 Å². The zero-order chi connectivity index (χ0) is 38.0. The van der Waals surface area contributed by atoms with Crippen LogP contribution in [0.2, 0.25) is 0 Å². The van der Waals surface area contributed by atoms with Gasteiger partial charge in [-0.2, -0.15) is 0 Å². The normalized spacial score (nSPS) is 10.6. The lowest BCUT2D eigenvalue weighted by molar-refractivity contribution is 0.411. The summed E-state index contributed by atoms with van der Waals surface area (Å²) in [6.45, 7) is 14.6. The largest absolute Gasteiger partial charge is 0.496 e. The summed E-state index contributed by atoms with van der Waals surface area (Å²) in [6.07, 6.45) is 6.47. The fourth-order valence-electron chi connectivity index (χ4n) is 6.71. The molecule has 7 rings (SSSR count). The van der Waals surface area contributed by atoms with Gasteiger partial charge in [-0.3, -0.25) is 5.32 Å². The van der Waals surface area contributed by atoms with Crippen molar-refractivity contribution in [1.29, 1.82) is 0 Å². The molecular weight excluding hydrogens is 647 g/mol. The highest BCUT2D eigenvalue weighted by atomic mass is 16.5. The van der Waals surface area contributed by atoms with E-state index < -0.39 is 0 Å². The van der Waals surface area contributed by atoms with Crippen LogP contribution in [0.5, 0.6) is 5.75 Å². The number of ether oxygens (including phenoxy) is 1. The van der Waals surface area contributed by atoms with Crippen LogP contribution >= 0.6 is 0 Å². The Morgan fingerprint density at radius 2 is 1.17 bits per heavy atom. The summed E-state index contributed by atoms with van der Waals surface area (Å²) in [5.41, 5.74) is 18.8. The molecule has 0 radical (unpaired) electrons. The lowest BCUT2D eigenvalue weighted by Gasteiger charge is -2.20. The number of nitrogens with two attached hydrogens (primary N) is 2. The van der Waals surface area contributed by atoms with Gasteiger partial charge in [0.25, 0.3) is 0 Å². The second kappa shape index (κ2) is 20.9. The first-order valence-corrected chi connectivity index (χ1v) is 18.1. The standard InChI is InChI=1S/C28H25NO.C14H16N2.C5H8.C2H4/c1-3-20-26(30-2)16-25-23-10-5-4-8-21(23)22-9-6-7-11-24(22)28(25)27(20)19-14-12-18(17-29)13-15-19;15-11-16-14(12-7-3-1-4-8-12)13-9-5-2-6-10-13;1-3-5-4-2;1-2/h4-16H,3,17,29H2,1-2H3;1-10,14,16H,11,15H2;3-5H,1H2,2H3;1-2H2/b;;5-4-;. The summed E-state index contributed by atoms with van der Waals surface area (Å²) in [5, 5.41) is 10.9. The van der Waals surface area contributed by atoms with Gasteiger partial charge in [-0.15, -0.1) is 13.2 Å². The lowest BCUT2D eigenvalue weighted by atomic mass is 9.85. The van der Waals surface area contributed by atoms with Crippen LogP contribution < -0.4 is 21.5 Å². The summed E-state index contributed by atoms with van der Waals surface area (Å²) in [5.74, 6) is 0.948. The number of methoxy groups -OCH3 is 1. The van der Waals surface area contributed by atoms with E-state index in [1.165, 1.54) is 60.1 Å². The molecule has 0 fully saturated rings. The van der Waals surface area contributed by atoms with Crippen LogP contribution in [0.25, 0.3) is 43.4 Å². The fourth-order valence-corrected chi connectivity index (χ4v) is 6.71. The zero-order valence-corrected chi connectivity index (χ0v) is 31.4. The van der Waals surface area contributed by atoms with Gasteiger partial charge in [-0.05, 0) is 79.5 Å². The molecule has 0 unspecified atom stereocenters. The molecule has 53 heavy (non-hydrogen) atoms. The molecule has 0 aliphatic carbocycles. The van der Waals surface area contributed by atoms with Gasteiger partial charge in [0.05, 0.1) is 13.2 Å². The highest BCUT2D eigenvalue weighted by molar-refractivity contribution is 6.29. The van der Waals surface area contributed by atoms with Gasteiger partial charge in [0, 0.05) is 18.8 Å². The van der Waals surface area contributed by atoms with E-state index in [9.17, 15) is 0 Å². The van der Waals surface area contributed by atoms with Gasteiger partial charge in [0.15, 0.2) is 0 Å². The van der Waals surface area contributed by atoms with Crippen molar-refractivity contribution in [3.63, 3.8) is 0 Å². The van der Waals surface area contributed by atoms with Crippen molar-refractivity contribution in [3.8, 4) is 16.9 Å². The molecule has 0 aliphatic rings. The molecule has 0 spiro atoms. The Hall–Kier alpha value is -5.78. The van der Waals surface area contributed by atoms with Crippen molar-refractivity contribution in [2.45, 2.75) is 32.9 Å². The average Bonchev–Trinajstić information content (AvgIpc) is 3.24. The SMILES string of the molecule is C=C.C=C/C=C\C.CCc1c(OC)cc2c3ccccc3c3ccccc3c2c1-c1ccc(CN)cc1.NCNC(c1ccccc1)c1ccccc1. The molecule has 0 saturated heterocycles. The van der Waals surface area contributed by atoms with E-state index in [0.717, 1.165) is 17.7 Å². The first-order valence-electron chi connectivity index (χ1n) is 18.1. The predicted molar refractivity (Wildman–Crippen MR) is 231 cm³/mol. The lowest BCUT2D eigenvalue weighted by Crippen LogP contribution is -2.28. The number of benzene rings is 7. The van der Waals surface area contributed by atoms with Crippen LogP contribution in [0, 0.1) is 0 Å². The van der Waals surface area contributed by atoms with E-state index in [4.69, 9.17) is 16.2 Å². The number of allylic oxidation sites excluding steroid dienone is 3. The molecule has 0 amide bonds. The van der Waals surface area contributed by atoms with Crippen LogP contribution in [-0.4, -0.2) is 13.8 Å². The van der Waals surface area contributed by atoms with Crippen LogP contribution in [0.3, 0.4) is 0 Å². The molecule has 4 heteroatoms.